The number of carbonyl (C=O) groups is 1. The van der Waals surface area contributed by atoms with E-state index in [9.17, 15) is 13.2 Å². The van der Waals surface area contributed by atoms with Crippen LogP contribution in [-0.2, 0) is 14.8 Å². The van der Waals surface area contributed by atoms with Crippen LogP contribution >= 0.6 is 0 Å². The third-order valence-corrected chi connectivity index (χ3v) is 8.39. The fourth-order valence-electron chi connectivity index (χ4n) is 4.51. The summed E-state index contributed by atoms with van der Waals surface area (Å²) in [6.07, 6.45) is 7.90. The highest BCUT2D eigenvalue weighted by atomic mass is 32.2. The van der Waals surface area contributed by atoms with Crippen molar-refractivity contribution < 1.29 is 17.9 Å². The molecule has 0 aromatic heterocycles. The van der Waals surface area contributed by atoms with Crippen LogP contribution in [0.25, 0.3) is 0 Å². The Bertz CT molecular complexity index is 825. The first-order chi connectivity index (χ1) is 15.0. The van der Waals surface area contributed by atoms with Crippen LogP contribution in [-0.4, -0.2) is 64.1 Å². The van der Waals surface area contributed by atoms with E-state index in [1.807, 2.05) is 13.8 Å². The summed E-state index contributed by atoms with van der Waals surface area (Å²) >= 11 is 0. The van der Waals surface area contributed by atoms with Crippen LogP contribution in [0.3, 0.4) is 0 Å². The molecule has 8 heteroatoms. The number of morpholine rings is 1. The van der Waals surface area contributed by atoms with E-state index in [1.54, 1.807) is 18.2 Å². The number of benzene rings is 1. The second-order valence-electron chi connectivity index (χ2n) is 8.38. The minimum absolute atomic E-state index is 0.147. The summed E-state index contributed by atoms with van der Waals surface area (Å²) in [5, 5.41) is 3.21. The van der Waals surface area contributed by atoms with Gasteiger partial charge in [-0.15, -0.1) is 0 Å². The molecule has 1 saturated carbocycles. The molecule has 0 radical (unpaired) electrons. The zero-order valence-electron chi connectivity index (χ0n) is 18.9. The van der Waals surface area contributed by atoms with Gasteiger partial charge in [-0.1, -0.05) is 46.0 Å². The van der Waals surface area contributed by atoms with Gasteiger partial charge in [-0.3, -0.25) is 4.79 Å². The van der Waals surface area contributed by atoms with E-state index in [-0.39, 0.29) is 16.8 Å². The third-order valence-electron chi connectivity index (χ3n) is 6.35. The number of nitrogens with zero attached hydrogens (tertiary/aromatic N) is 2. The number of anilines is 1. The second-order valence-corrected chi connectivity index (χ2v) is 10.3. The highest BCUT2D eigenvalue weighted by Gasteiger charge is 2.27. The molecular weight excluding hydrogens is 414 g/mol. The molecule has 0 unspecified atom stereocenters. The largest absolute Gasteiger partial charge is 0.378 e. The number of sulfonamides is 1. The topological polar surface area (TPSA) is 79.0 Å². The Balaban J connectivity index is 1.92. The molecule has 2 fully saturated rings. The second kappa shape index (κ2) is 11.3. The van der Waals surface area contributed by atoms with Crippen molar-refractivity contribution in [2.24, 2.45) is 0 Å². The lowest BCUT2D eigenvalue weighted by Gasteiger charge is -2.31. The van der Waals surface area contributed by atoms with Crippen molar-refractivity contribution in [3.8, 4) is 0 Å². The maximum absolute atomic E-state index is 13.4. The molecule has 1 aliphatic heterocycles. The van der Waals surface area contributed by atoms with Crippen LogP contribution in [0, 0.1) is 0 Å². The molecule has 1 aliphatic carbocycles. The molecule has 0 bridgehead atoms. The molecule has 1 saturated heterocycles. The third kappa shape index (κ3) is 5.99. The number of amides is 1. The van der Waals surface area contributed by atoms with Crippen molar-refractivity contribution in [3.05, 3.63) is 23.8 Å². The normalized spacial score (nSPS) is 19.1. The van der Waals surface area contributed by atoms with Crippen molar-refractivity contribution in [1.82, 2.24) is 9.62 Å². The Morgan fingerprint density at radius 2 is 1.68 bits per heavy atom. The van der Waals surface area contributed by atoms with Gasteiger partial charge in [-0.25, -0.2) is 8.42 Å². The van der Waals surface area contributed by atoms with E-state index in [2.05, 4.69) is 10.2 Å². The van der Waals surface area contributed by atoms with E-state index >= 15 is 0 Å². The van der Waals surface area contributed by atoms with Gasteiger partial charge in [0.15, 0.2) is 0 Å². The number of ether oxygens (including phenoxy) is 1. The quantitative estimate of drug-likeness (QED) is 0.687. The maximum atomic E-state index is 13.4. The summed E-state index contributed by atoms with van der Waals surface area (Å²) in [7, 11) is -3.64. The zero-order chi connectivity index (χ0) is 22.3. The fourth-order valence-corrected chi connectivity index (χ4v) is 6.00. The molecule has 1 aromatic carbocycles. The van der Waals surface area contributed by atoms with Gasteiger partial charge in [0.05, 0.1) is 23.7 Å². The lowest BCUT2D eigenvalue weighted by Crippen LogP contribution is -2.40. The number of rotatable bonds is 7. The molecule has 2 aliphatic rings. The molecule has 31 heavy (non-hydrogen) atoms. The summed E-state index contributed by atoms with van der Waals surface area (Å²) in [6.45, 7) is 7.02. The van der Waals surface area contributed by atoms with Gasteiger partial charge in [0.25, 0.3) is 5.91 Å². The average molecular weight is 452 g/mol. The number of hydrogen-bond acceptors (Lipinski definition) is 5. The SMILES string of the molecule is CCN(CC)S(=O)(=O)c1ccc(N2CCOCC2)c(C(=O)NC2CCCCCCC2)c1. The molecule has 0 atom stereocenters. The van der Waals surface area contributed by atoms with E-state index < -0.39 is 10.0 Å². The number of carbonyl (C=O) groups excluding carboxylic acids is 1. The Morgan fingerprint density at radius 3 is 2.29 bits per heavy atom. The molecule has 3 rings (SSSR count). The monoisotopic (exact) mass is 451 g/mol. The minimum atomic E-state index is -3.64. The molecule has 1 amide bonds. The van der Waals surface area contributed by atoms with Crippen LogP contribution < -0.4 is 10.2 Å². The van der Waals surface area contributed by atoms with Crippen molar-refractivity contribution in [3.63, 3.8) is 0 Å². The summed E-state index contributed by atoms with van der Waals surface area (Å²) in [4.78, 5) is 15.7. The lowest BCUT2D eigenvalue weighted by molar-refractivity contribution is 0.0929. The van der Waals surface area contributed by atoms with Crippen LogP contribution in [0.15, 0.2) is 23.1 Å². The Kier molecular flexibility index (Phi) is 8.75. The summed E-state index contributed by atoms with van der Waals surface area (Å²) in [6, 6.07) is 5.13. The Labute approximate surface area is 187 Å². The Morgan fingerprint density at radius 1 is 1.06 bits per heavy atom. The van der Waals surface area contributed by atoms with E-state index in [4.69, 9.17) is 4.74 Å². The van der Waals surface area contributed by atoms with Crippen molar-refractivity contribution in [1.29, 1.82) is 0 Å². The Hall–Kier alpha value is -1.64. The smallest absolute Gasteiger partial charge is 0.253 e. The van der Waals surface area contributed by atoms with Gasteiger partial charge in [0.1, 0.15) is 0 Å². The first-order valence-corrected chi connectivity index (χ1v) is 13.2. The molecule has 1 aromatic rings. The zero-order valence-corrected chi connectivity index (χ0v) is 19.8. The molecule has 0 spiro atoms. The summed E-state index contributed by atoms with van der Waals surface area (Å²) in [5.41, 5.74) is 1.22. The summed E-state index contributed by atoms with van der Waals surface area (Å²) < 4.78 is 33.1. The van der Waals surface area contributed by atoms with Crippen LogP contribution in [0.1, 0.15) is 69.2 Å². The lowest BCUT2D eigenvalue weighted by atomic mass is 9.96. The number of hydrogen-bond donors (Lipinski definition) is 1. The first-order valence-electron chi connectivity index (χ1n) is 11.7. The summed E-state index contributed by atoms with van der Waals surface area (Å²) in [5.74, 6) is -0.177. The molecular formula is C23H37N3O4S. The maximum Gasteiger partial charge on any atom is 0.253 e. The van der Waals surface area contributed by atoms with Crippen LogP contribution in [0.4, 0.5) is 5.69 Å². The molecule has 1 heterocycles. The average Bonchev–Trinajstić information content (AvgIpc) is 2.76. The minimum Gasteiger partial charge on any atom is -0.378 e. The van der Waals surface area contributed by atoms with Gasteiger partial charge in [-0.2, -0.15) is 4.31 Å². The van der Waals surface area contributed by atoms with Crippen molar-refractivity contribution in [2.75, 3.05) is 44.3 Å². The van der Waals surface area contributed by atoms with E-state index in [0.717, 1.165) is 31.4 Å². The highest BCUT2D eigenvalue weighted by Crippen LogP contribution is 2.27. The van der Waals surface area contributed by atoms with Gasteiger partial charge in [-0.05, 0) is 31.0 Å². The van der Waals surface area contributed by atoms with Crippen molar-refractivity contribution in [2.45, 2.75) is 69.7 Å². The predicted octanol–water partition coefficient (Wildman–Crippen LogP) is 3.40. The fraction of sp³-hybridized carbons (Fsp3) is 0.696. The standard InChI is InChI=1S/C23H37N3O4S/c1-3-26(4-2)31(28,29)20-12-13-22(25-14-16-30-17-15-25)21(18-20)23(27)24-19-10-8-6-5-7-9-11-19/h12-13,18-19H,3-11,14-17H2,1-2H3,(H,24,27). The predicted molar refractivity (Wildman–Crippen MR) is 123 cm³/mol. The van der Waals surface area contributed by atoms with Crippen LogP contribution in [0.2, 0.25) is 0 Å². The van der Waals surface area contributed by atoms with Gasteiger partial charge >= 0.3 is 0 Å². The molecule has 174 valence electrons. The molecule has 1 N–H and O–H groups in total. The number of nitrogens with one attached hydrogen (secondary N) is 1. The van der Waals surface area contributed by atoms with E-state index in [1.165, 1.54) is 23.6 Å². The highest BCUT2D eigenvalue weighted by molar-refractivity contribution is 7.89. The van der Waals surface area contributed by atoms with Gasteiger partial charge in [0.2, 0.25) is 10.0 Å². The van der Waals surface area contributed by atoms with E-state index in [0.29, 0.717) is 45.0 Å². The first kappa shape index (κ1) is 24.0. The van der Waals surface area contributed by atoms with Gasteiger partial charge < -0.3 is 15.0 Å². The van der Waals surface area contributed by atoms with Crippen molar-refractivity contribution >= 4 is 21.6 Å². The van der Waals surface area contributed by atoms with Gasteiger partial charge in [0, 0.05) is 37.9 Å². The van der Waals surface area contributed by atoms with Crippen LogP contribution in [0.5, 0.6) is 0 Å². The molecule has 7 nitrogen and oxygen atoms in total.